The van der Waals surface area contributed by atoms with Gasteiger partial charge in [-0.2, -0.15) is 14.9 Å². The maximum Gasteiger partial charge on any atom is 0.216 e. The second-order valence-electron chi connectivity index (χ2n) is 5.89. The van der Waals surface area contributed by atoms with Crippen LogP contribution < -0.4 is 9.47 Å². The third-order valence-electron chi connectivity index (χ3n) is 4.39. The highest BCUT2D eigenvalue weighted by molar-refractivity contribution is 7.71. The summed E-state index contributed by atoms with van der Waals surface area (Å²) in [5, 5.41) is 11.8. The lowest BCUT2D eigenvalue weighted by molar-refractivity contribution is 0.402. The van der Waals surface area contributed by atoms with E-state index in [1.54, 1.807) is 25.1 Å². The number of nitrogens with one attached hydrogen (secondary N) is 1. The molecule has 0 spiro atoms. The number of H-pyrrole nitrogens is 1. The molecule has 0 bridgehead atoms. The van der Waals surface area contributed by atoms with E-state index in [1.807, 2.05) is 18.2 Å². The van der Waals surface area contributed by atoms with Gasteiger partial charge in [0.15, 0.2) is 5.82 Å². The van der Waals surface area contributed by atoms with Crippen LogP contribution in [-0.2, 0) is 0 Å². The van der Waals surface area contributed by atoms with Gasteiger partial charge in [-0.15, -0.1) is 0 Å². The number of methoxy groups -OCH3 is 2. The number of benzene rings is 1. The van der Waals surface area contributed by atoms with Crippen molar-refractivity contribution in [2.24, 2.45) is 5.10 Å². The van der Waals surface area contributed by atoms with Crippen molar-refractivity contribution in [3.63, 3.8) is 0 Å². The number of nitrogens with zero attached hydrogens (tertiary/aromatic N) is 3. The molecule has 0 saturated heterocycles. The predicted molar refractivity (Wildman–Crippen MR) is 95.8 cm³/mol. The minimum absolute atomic E-state index is 0.413. The zero-order valence-electron chi connectivity index (χ0n) is 14.0. The Kier molecular flexibility index (Phi) is 5.30. The number of hydrogen-bond donors (Lipinski definition) is 1. The van der Waals surface area contributed by atoms with E-state index in [9.17, 15) is 0 Å². The maximum absolute atomic E-state index is 5.39. The average molecular weight is 346 g/mol. The van der Waals surface area contributed by atoms with Crippen LogP contribution in [0.15, 0.2) is 23.3 Å². The Balaban J connectivity index is 1.92. The van der Waals surface area contributed by atoms with Gasteiger partial charge in [0, 0.05) is 11.5 Å². The lowest BCUT2D eigenvalue weighted by Crippen LogP contribution is -2.10. The largest absolute Gasteiger partial charge is 0.497 e. The summed E-state index contributed by atoms with van der Waals surface area (Å²) < 4.78 is 12.9. The van der Waals surface area contributed by atoms with Crippen LogP contribution in [0.2, 0.25) is 0 Å². The zero-order valence-corrected chi connectivity index (χ0v) is 14.8. The fraction of sp³-hybridized carbons (Fsp3) is 0.471. The summed E-state index contributed by atoms with van der Waals surface area (Å²) in [6.45, 7) is 0. The number of aromatic amines is 1. The maximum atomic E-state index is 5.39. The van der Waals surface area contributed by atoms with Gasteiger partial charge in [0.1, 0.15) is 11.5 Å². The van der Waals surface area contributed by atoms with Crippen molar-refractivity contribution in [3.05, 3.63) is 34.4 Å². The molecule has 1 aliphatic carbocycles. The van der Waals surface area contributed by atoms with Gasteiger partial charge in [0.25, 0.3) is 0 Å². The topological polar surface area (TPSA) is 64.4 Å². The van der Waals surface area contributed by atoms with Crippen molar-refractivity contribution in [1.29, 1.82) is 0 Å². The van der Waals surface area contributed by atoms with Crippen LogP contribution in [0.3, 0.4) is 0 Å². The molecule has 0 unspecified atom stereocenters. The second kappa shape index (κ2) is 7.61. The highest BCUT2D eigenvalue weighted by Gasteiger charge is 2.21. The van der Waals surface area contributed by atoms with Gasteiger partial charge in [0.2, 0.25) is 4.77 Å². The van der Waals surface area contributed by atoms with Gasteiger partial charge in [-0.1, -0.05) is 19.3 Å². The van der Waals surface area contributed by atoms with Crippen molar-refractivity contribution in [1.82, 2.24) is 14.9 Å². The molecule has 1 saturated carbocycles. The van der Waals surface area contributed by atoms with E-state index in [4.69, 9.17) is 21.7 Å². The molecule has 24 heavy (non-hydrogen) atoms. The van der Waals surface area contributed by atoms with Crippen molar-refractivity contribution < 1.29 is 9.47 Å². The molecule has 7 heteroatoms. The molecule has 3 rings (SSSR count). The molecule has 2 aromatic rings. The number of hydrogen-bond acceptors (Lipinski definition) is 5. The predicted octanol–water partition coefficient (Wildman–Crippen LogP) is 3.89. The van der Waals surface area contributed by atoms with Crippen LogP contribution in [0, 0.1) is 4.77 Å². The SMILES string of the molecule is COc1ccc(OC)c(/C=N/n2c(C3CCCCC3)n[nH]c2=S)c1. The fourth-order valence-electron chi connectivity index (χ4n) is 3.10. The van der Waals surface area contributed by atoms with Gasteiger partial charge in [-0.25, -0.2) is 0 Å². The number of ether oxygens (including phenoxy) is 2. The van der Waals surface area contributed by atoms with Crippen LogP contribution in [0.1, 0.15) is 49.4 Å². The van der Waals surface area contributed by atoms with Crippen LogP contribution in [-0.4, -0.2) is 35.3 Å². The standard InChI is InChI=1S/C17H22N4O2S/c1-22-14-8-9-15(23-2)13(10-14)11-18-21-16(19-20-17(21)24)12-6-4-3-5-7-12/h8-12H,3-7H2,1-2H3,(H,20,24)/b18-11+. The molecule has 1 aliphatic rings. The van der Waals surface area contributed by atoms with Crippen molar-refractivity contribution in [3.8, 4) is 11.5 Å². The van der Waals surface area contributed by atoms with Crippen molar-refractivity contribution in [2.75, 3.05) is 14.2 Å². The third-order valence-corrected chi connectivity index (χ3v) is 4.66. The average Bonchev–Trinajstić information content (AvgIpc) is 3.01. The molecule has 0 amide bonds. The van der Waals surface area contributed by atoms with E-state index < -0.39 is 0 Å². The minimum Gasteiger partial charge on any atom is -0.497 e. The van der Waals surface area contributed by atoms with Crippen LogP contribution >= 0.6 is 12.2 Å². The van der Waals surface area contributed by atoms with Gasteiger partial charge >= 0.3 is 0 Å². The van der Waals surface area contributed by atoms with E-state index in [-0.39, 0.29) is 0 Å². The van der Waals surface area contributed by atoms with Crippen molar-refractivity contribution in [2.45, 2.75) is 38.0 Å². The highest BCUT2D eigenvalue weighted by Crippen LogP contribution is 2.31. The normalized spacial score (nSPS) is 15.8. The molecule has 0 aliphatic heterocycles. The number of aromatic nitrogens is 3. The molecule has 1 heterocycles. The molecular formula is C17H22N4O2S. The van der Waals surface area contributed by atoms with Crippen LogP contribution in [0.5, 0.6) is 11.5 Å². The summed E-state index contributed by atoms with van der Waals surface area (Å²) in [6.07, 6.45) is 7.77. The van der Waals surface area contributed by atoms with Crippen LogP contribution in [0.25, 0.3) is 0 Å². The van der Waals surface area contributed by atoms with E-state index in [0.717, 1.165) is 35.7 Å². The Labute approximate surface area is 146 Å². The van der Waals surface area contributed by atoms with Gasteiger partial charge < -0.3 is 9.47 Å². The molecule has 1 aromatic heterocycles. The monoisotopic (exact) mass is 346 g/mol. The molecule has 6 nitrogen and oxygen atoms in total. The summed E-state index contributed by atoms with van der Waals surface area (Å²) in [4.78, 5) is 0. The summed E-state index contributed by atoms with van der Waals surface area (Å²) in [6, 6.07) is 5.59. The Bertz CT molecular complexity index is 775. The first-order chi connectivity index (χ1) is 11.7. The van der Waals surface area contributed by atoms with E-state index in [0.29, 0.717) is 10.7 Å². The molecule has 1 fully saturated rings. The van der Waals surface area contributed by atoms with E-state index in [1.165, 1.54) is 19.3 Å². The highest BCUT2D eigenvalue weighted by atomic mass is 32.1. The molecule has 0 radical (unpaired) electrons. The number of rotatable bonds is 5. The van der Waals surface area contributed by atoms with Gasteiger partial charge in [-0.05, 0) is 43.3 Å². The lowest BCUT2D eigenvalue weighted by Gasteiger charge is -2.19. The Hall–Kier alpha value is -2.15. The quantitative estimate of drug-likeness (QED) is 0.659. The fourth-order valence-corrected chi connectivity index (χ4v) is 3.29. The molecule has 1 N–H and O–H groups in total. The first-order valence-corrected chi connectivity index (χ1v) is 8.57. The van der Waals surface area contributed by atoms with Gasteiger partial charge in [0.05, 0.1) is 20.4 Å². The lowest BCUT2D eigenvalue weighted by atomic mass is 9.89. The smallest absolute Gasteiger partial charge is 0.216 e. The van der Waals surface area contributed by atoms with E-state index >= 15 is 0 Å². The first-order valence-electron chi connectivity index (χ1n) is 8.16. The summed E-state index contributed by atoms with van der Waals surface area (Å²) in [5.74, 6) is 2.81. The zero-order chi connectivity index (χ0) is 16.9. The molecular weight excluding hydrogens is 324 g/mol. The summed E-state index contributed by atoms with van der Waals surface area (Å²) in [7, 11) is 3.27. The summed E-state index contributed by atoms with van der Waals surface area (Å²) >= 11 is 5.34. The van der Waals surface area contributed by atoms with Crippen LogP contribution in [0.4, 0.5) is 0 Å². The summed E-state index contributed by atoms with van der Waals surface area (Å²) in [5.41, 5.74) is 0.828. The van der Waals surface area contributed by atoms with Crippen molar-refractivity contribution >= 4 is 18.4 Å². The van der Waals surface area contributed by atoms with E-state index in [2.05, 4.69) is 15.3 Å². The molecule has 128 valence electrons. The van der Waals surface area contributed by atoms with Gasteiger partial charge in [-0.3, -0.25) is 5.10 Å². The molecule has 1 aromatic carbocycles. The third kappa shape index (κ3) is 3.51. The first kappa shape index (κ1) is 16.7. The molecule has 0 atom stereocenters. The Morgan fingerprint density at radius 3 is 2.75 bits per heavy atom. The minimum atomic E-state index is 0.413. The Morgan fingerprint density at radius 2 is 2.04 bits per heavy atom. The second-order valence-corrected chi connectivity index (χ2v) is 6.27. The Morgan fingerprint density at radius 1 is 1.25 bits per heavy atom.